The molecule has 1 atom stereocenters. The molecular formula is C23H22N2O3. The van der Waals surface area contributed by atoms with Gasteiger partial charge in [-0.25, -0.2) is 0 Å². The molecule has 0 bridgehead atoms. The van der Waals surface area contributed by atoms with Crippen molar-refractivity contribution >= 4 is 5.91 Å². The van der Waals surface area contributed by atoms with Crippen LogP contribution in [-0.4, -0.2) is 36.6 Å². The topological polar surface area (TPSA) is 51.7 Å². The number of fused-ring (bicyclic) bond motifs is 1. The zero-order valence-corrected chi connectivity index (χ0v) is 16.0. The molecule has 0 spiro atoms. The summed E-state index contributed by atoms with van der Waals surface area (Å²) in [6, 6.07) is 17.4. The number of carbonyl (C=O) groups excluding carboxylic acids is 1. The third-order valence-electron chi connectivity index (χ3n) is 5.17. The summed E-state index contributed by atoms with van der Waals surface area (Å²) in [5, 5.41) is 0. The van der Waals surface area contributed by atoms with Crippen molar-refractivity contribution in [1.29, 1.82) is 0 Å². The number of hydrogen-bond acceptors (Lipinski definition) is 4. The second-order valence-corrected chi connectivity index (χ2v) is 6.71. The van der Waals surface area contributed by atoms with Gasteiger partial charge < -0.3 is 14.4 Å². The number of hydrogen-bond donors (Lipinski definition) is 0. The van der Waals surface area contributed by atoms with E-state index in [1.54, 1.807) is 38.6 Å². The normalized spacial score (nSPS) is 15.6. The zero-order valence-electron chi connectivity index (χ0n) is 16.0. The molecule has 142 valence electrons. The molecule has 2 heterocycles. The Hall–Kier alpha value is -3.34. The lowest BCUT2D eigenvalue weighted by Gasteiger charge is -2.37. The summed E-state index contributed by atoms with van der Waals surface area (Å²) in [6.45, 7) is 0.643. The van der Waals surface area contributed by atoms with E-state index in [1.807, 2.05) is 35.4 Å². The predicted molar refractivity (Wildman–Crippen MR) is 107 cm³/mol. The molecule has 1 aliphatic rings. The Morgan fingerprint density at radius 2 is 1.86 bits per heavy atom. The number of carbonyl (C=O) groups is 1. The molecule has 1 aliphatic heterocycles. The molecule has 4 rings (SSSR count). The van der Waals surface area contributed by atoms with Crippen LogP contribution >= 0.6 is 0 Å². The van der Waals surface area contributed by atoms with Crippen LogP contribution in [0.4, 0.5) is 0 Å². The van der Waals surface area contributed by atoms with E-state index < -0.39 is 0 Å². The minimum absolute atomic E-state index is 0.0377. The Bertz CT molecular complexity index is 988. The average Bonchev–Trinajstić information content (AvgIpc) is 2.77. The van der Waals surface area contributed by atoms with Gasteiger partial charge in [-0.15, -0.1) is 0 Å². The summed E-state index contributed by atoms with van der Waals surface area (Å²) < 4.78 is 10.7. The first-order valence-corrected chi connectivity index (χ1v) is 9.23. The van der Waals surface area contributed by atoms with E-state index in [0.29, 0.717) is 23.6 Å². The van der Waals surface area contributed by atoms with Gasteiger partial charge in [-0.1, -0.05) is 30.3 Å². The van der Waals surface area contributed by atoms with Gasteiger partial charge in [0.25, 0.3) is 5.91 Å². The van der Waals surface area contributed by atoms with Gasteiger partial charge in [-0.3, -0.25) is 9.78 Å². The molecule has 5 nitrogen and oxygen atoms in total. The van der Waals surface area contributed by atoms with Crippen LogP contribution in [-0.2, 0) is 6.42 Å². The monoisotopic (exact) mass is 374 g/mol. The third-order valence-corrected chi connectivity index (χ3v) is 5.17. The molecule has 1 aromatic heterocycles. The van der Waals surface area contributed by atoms with Crippen molar-refractivity contribution in [2.45, 2.75) is 12.5 Å². The molecular weight excluding hydrogens is 352 g/mol. The average molecular weight is 374 g/mol. The first-order valence-electron chi connectivity index (χ1n) is 9.23. The fraction of sp³-hybridized carbons (Fsp3) is 0.217. The van der Waals surface area contributed by atoms with Gasteiger partial charge >= 0.3 is 0 Å². The molecule has 0 radical (unpaired) electrons. The van der Waals surface area contributed by atoms with Crippen LogP contribution in [0.15, 0.2) is 67.0 Å². The summed E-state index contributed by atoms with van der Waals surface area (Å²) >= 11 is 0. The number of benzene rings is 2. The maximum Gasteiger partial charge on any atom is 0.254 e. The Morgan fingerprint density at radius 1 is 1.04 bits per heavy atom. The van der Waals surface area contributed by atoms with Crippen LogP contribution in [0.25, 0.3) is 0 Å². The smallest absolute Gasteiger partial charge is 0.254 e. The number of methoxy groups -OCH3 is 2. The standard InChI is InChI=1S/C23H22N2O3/c1-27-20-10-9-17(14-21(20)28-2)23(26)25-13-11-16-6-3-4-8-19(16)22(25)18-7-5-12-24-15-18/h3-10,12,14-15,22H,11,13H2,1-2H3. The molecule has 0 saturated heterocycles. The molecule has 0 N–H and O–H groups in total. The number of pyridine rings is 1. The van der Waals surface area contributed by atoms with E-state index in [-0.39, 0.29) is 11.9 Å². The lowest BCUT2D eigenvalue weighted by molar-refractivity contribution is 0.0694. The highest BCUT2D eigenvalue weighted by atomic mass is 16.5. The number of ether oxygens (including phenoxy) is 2. The van der Waals surface area contributed by atoms with E-state index in [9.17, 15) is 4.79 Å². The van der Waals surface area contributed by atoms with E-state index in [0.717, 1.165) is 17.5 Å². The van der Waals surface area contributed by atoms with Crippen molar-refractivity contribution in [3.8, 4) is 11.5 Å². The summed E-state index contributed by atoms with van der Waals surface area (Å²) in [7, 11) is 3.15. The van der Waals surface area contributed by atoms with Crippen LogP contribution in [0.1, 0.15) is 33.1 Å². The van der Waals surface area contributed by atoms with E-state index >= 15 is 0 Å². The molecule has 1 unspecified atom stereocenters. The lowest BCUT2D eigenvalue weighted by Crippen LogP contribution is -2.40. The van der Waals surface area contributed by atoms with Gasteiger partial charge in [0.1, 0.15) is 0 Å². The highest BCUT2D eigenvalue weighted by Crippen LogP contribution is 2.36. The van der Waals surface area contributed by atoms with Gasteiger partial charge in [0, 0.05) is 24.5 Å². The second-order valence-electron chi connectivity index (χ2n) is 6.71. The minimum atomic E-state index is -0.167. The molecule has 2 aromatic carbocycles. The number of aromatic nitrogens is 1. The molecule has 28 heavy (non-hydrogen) atoms. The molecule has 5 heteroatoms. The zero-order chi connectivity index (χ0) is 19.5. The van der Waals surface area contributed by atoms with Gasteiger partial charge in [-0.05, 0) is 47.4 Å². The largest absolute Gasteiger partial charge is 0.493 e. The van der Waals surface area contributed by atoms with Crippen molar-refractivity contribution in [2.24, 2.45) is 0 Å². The lowest BCUT2D eigenvalue weighted by atomic mass is 9.88. The first-order chi connectivity index (χ1) is 13.7. The quantitative estimate of drug-likeness (QED) is 0.695. The fourth-order valence-corrected chi connectivity index (χ4v) is 3.82. The van der Waals surface area contributed by atoms with Gasteiger partial charge in [-0.2, -0.15) is 0 Å². The summed E-state index contributed by atoms with van der Waals surface area (Å²) in [4.78, 5) is 19.7. The van der Waals surface area contributed by atoms with Crippen molar-refractivity contribution in [3.63, 3.8) is 0 Å². The Morgan fingerprint density at radius 3 is 2.61 bits per heavy atom. The van der Waals surface area contributed by atoms with Crippen molar-refractivity contribution < 1.29 is 14.3 Å². The van der Waals surface area contributed by atoms with Crippen molar-refractivity contribution in [2.75, 3.05) is 20.8 Å². The van der Waals surface area contributed by atoms with Crippen molar-refractivity contribution in [1.82, 2.24) is 9.88 Å². The summed E-state index contributed by atoms with van der Waals surface area (Å²) in [5.74, 6) is 1.11. The Kier molecular flexibility index (Phi) is 4.98. The summed E-state index contributed by atoms with van der Waals surface area (Å²) in [5.41, 5.74) is 4.00. The molecule has 3 aromatic rings. The maximum atomic E-state index is 13.5. The van der Waals surface area contributed by atoms with Crippen molar-refractivity contribution in [3.05, 3.63) is 89.2 Å². The molecule has 0 aliphatic carbocycles. The van der Waals surface area contributed by atoms with Crippen LogP contribution < -0.4 is 9.47 Å². The third kappa shape index (κ3) is 3.20. The highest BCUT2D eigenvalue weighted by Gasteiger charge is 2.32. The minimum Gasteiger partial charge on any atom is -0.493 e. The Labute approximate surface area is 164 Å². The van der Waals surface area contributed by atoms with Gasteiger partial charge in [0.05, 0.1) is 20.3 Å². The van der Waals surface area contributed by atoms with Crippen LogP contribution in [0.3, 0.4) is 0 Å². The van der Waals surface area contributed by atoms with E-state index in [4.69, 9.17) is 9.47 Å². The molecule has 0 fully saturated rings. The highest BCUT2D eigenvalue weighted by molar-refractivity contribution is 5.95. The number of nitrogens with zero attached hydrogens (tertiary/aromatic N) is 2. The van der Waals surface area contributed by atoms with Gasteiger partial charge in [0.15, 0.2) is 11.5 Å². The van der Waals surface area contributed by atoms with Gasteiger partial charge in [0.2, 0.25) is 0 Å². The number of rotatable bonds is 4. The Balaban J connectivity index is 1.76. The maximum absolute atomic E-state index is 13.5. The molecule has 1 amide bonds. The predicted octanol–water partition coefficient (Wildman–Crippen LogP) is 3.89. The SMILES string of the molecule is COc1ccc(C(=O)N2CCc3ccccc3C2c2cccnc2)cc1OC. The van der Waals surface area contributed by atoms with E-state index in [2.05, 4.69) is 17.1 Å². The fourth-order valence-electron chi connectivity index (χ4n) is 3.82. The molecule has 0 saturated carbocycles. The van der Waals surface area contributed by atoms with E-state index in [1.165, 1.54) is 5.56 Å². The van der Waals surface area contributed by atoms with Crippen LogP contribution in [0.5, 0.6) is 11.5 Å². The first kappa shape index (κ1) is 18.0. The van der Waals surface area contributed by atoms with Crippen LogP contribution in [0, 0.1) is 0 Å². The number of amides is 1. The summed E-state index contributed by atoms with van der Waals surface area (Å²) in [6.07, 6.45) is 4.41. The second kappa shape index (κ2) is 7.72. The van der Waals surface area contributed by atoms with Crippen LogP contribution in [0.2, 0.25) is 0 Å².